The molecule has 46 heavy (non-hydrogen) atoms. The zero-order chi connectivity index (χ0) is 32.8. The number of aromatic nitrogens is 7. The van der Waals surface area contributed by atoms with Gasteiger partial charge in [-0.3, -0.25) is 4.79 Å². The van der Waals surface area contributed by atoms with Gasteiger partial charge in [-0.15, -0.1) is 26.6 Å². The van der Waals surface area contributed by atoms with Crippen LogP contribution in [0.25, 0.3) is 11.0 Å². The normalized spacial score (nSPS) is 17.4. The van der Waals surface area contributed by atoms with Gasteiger partial charge in [0, 0.05) is 34.2 Å². The monoisotopic (exact) mass is 662 g/mol. The van der Waals surface area contributed by atoms with E-state index in [1.807, 2.05) is 52.3 Å². The Balaban J connectivity index is 1.43. The molecule has 4 heterocycles. The number of sulfonamides is 1. The van der Waals surface area contributed by atoms with Crippen LogP contribution in [0.4, 0.5) is 0 Å². The third-order valence-corrected chi connectivity index (χ3v) is 12.0. The molecule has 0 fully saturated rings. The van der Waals surface area contributed by atoms with Crippen molar-refractivity contribution in [3.8, 4) is 5.75 Å². The number of hydrogen-bond donors (Lipinski definition) is 1. The Labute approximate surface area is 272 Å². The number of hydrogen-bond acceptors (Lipinski definition) is 10. The molecule has 1 N–H and O–H groups in total. The molecule has 0 amide bonds. The molecule has 0 aliphatic carbocycles. The van der Waals surface area contributed by atoms with Crippen LogP contribution in [0.3, 0.4) is 0 Å². The average molecular weight is 663 g/mol. The second-order valence-electron chi connectivity index (χ2n) is 12.3. The van der Waals surface area contributed by atoms with E-state index in [1.165, 1.54) is 4.31 Å². The molecular weight excluding hydrogens is 625 g/mol. The summed E-state index contributed by atoms with van der Waals surface area (Å²) in [5, 5.41) is 22.9. The number of fused-ring (bicyclic) bond motifs is 2. The van der Waals surface area contributed by atoms with Crippen LogP contribution in [0.5, 0.6) is 5.75 Å². The van der Waals surface area contributed by atoms with Crippen LogP contribution < -0.4 is 4.74 Å². The fourth-order valence-corrected chi connectivity index (χ4v) is 9.17. The minimum atomic E-state index is -3.82. The quantitative estimate of drug-likeness (QED) is 0.219. The number of carbonyl (C=O) groups is 1. The van der Waals surface area contributed by atoms with Crippen LogP contribution in [0.2, 0.25) is 0 Å². The van der Waals surface area contributed by atoms with Gasteiger partial charge in [-0.2, -0.15) is 9.52 Å². The first-order valence-corrected chi connectivity index (χ1v) is 17.6. The molecule has 0 unspecified atom stereocenters. The number of Topliss-reactive ketones (excluding diaryl/α,β-unsaturated/α-hetero) is 1. The molecule has 2 atom stereocenters. The number of thiophene rings is 1. The van der Waals surface area contributed by atoms with Gasteiger partial charge >= 0.3 is 0 Å². The van der Waals surface area contributed by atoms with Gasteiger partial charge in [0.2, 0.25) is 10.0 Å². The van der Waals surface area contributed by atoms with Gasteiger partial charge in [-0.25, -0.2) is 13.1 Å². The number of para-hydroxylation sites is 1. The Morgan fingerprint density at radius 2 is 1.93 bits per heavy atom. The van der Waals surface area contributed by atoms with E-state index >= 15 is 0 Å². The summed E-state index contributed by atoms with van der Waals surface area (Å²) >= 11 is 1.58. The van der Waals surface area contributed by atoms with Gasteiger partial charge < -0.3 is 4.74 Å². The maximum absolute atomic E-state index is 14.0. The summed E-state index contributed by atoms with van der Waals surface area (Å²) in [5.41, 5.74) is 3.62. The lowest BCUT2D eigenvalue weighted by molar-refractivity contribution is -0.127. The Morgan fingerprint density at radius 3 is 2.65 bits per heavy atom. The topological polar surface area (TPSA) is 149 Å². The largest absolute Gasteiger partial charge is 0.488 e. The van der Waals surface area contributed by atoms with Crippen LogP contribution in [0, 0.1) is 19.3 Å². The third kappa shape index (κ3) is 5.62. The van der Waals surface area contributed by atoms with Crippen molar-refractivity contribution in [3.63, 3.8) is 0 Å². The molecule has 0 saturated carbocycles. The van der Waals surface area contributed by atoms with Gasteiger partial charge in [0.15, 0.2) is 5.82 Å². The Morgan fingerprint density at radius 1 is 1.15 bits per heavy atom. The maximum atomic E-state index is 14.0. The van der Waals surface area contributed by atoms with Gasteiger partial charge in [-0.05, 0) is 68.1 Å². The van der Waals surface area contributed by atoms with E-state index in [0.29, 0.717) is 24.5 Å². The van der Waals surface area contributed by atoms with Crippen LogP contribution in [-0.2, 0) is 34.3 Å². The van der Waals surface area contributed by atoms with Crippen molar-refractivity contribution in [2.45, 2.75) is 84.4 Å². The van der Waals surface area contributed by atoms with Crippen molar-refractivity contribution < 1.29 is 17.9 Å². The third-order valence-electron chi connectivity index (χ3n) is 9.04. The zero-order valence-corrected chi connectivity index (χ0v) is 28.4. The number of tetrazole rings is 1. The molecule has 0 spiro atoms. The summed E-state index contributed by atoms with van der Waals surface area (Å²) in [5.74, 6) is 0.302. The van der Waals surface area contributed by atoms with Crippen LogP contribution in [0.1, 0.15) is 72.3 Å². The molecule has 1 aliphatic rings. The van der Waals surface area contributed by atoms with Crippen LogP contribution in [-0.4, -0.2) is 66.8 Å². The molecule has 242 valence electrons. The van der Waals surface area contributed by atoms with Crippen molar-refractivity contribution in [2.75, 3.05) is 6.54 Å². The van der Waals surface area contributed by atoms with E-state index in [0.717, 1.165) is 37.5 Å². The fraction of sp³-hybridized carbons (Fsp3) is 0.438. The van der Waals surface area contributed by atoms with E-state index in [1.54, 1.807) is 35.6 Å². The molecule has 14 heteroatoms. The van der Waals surface area contributed by atoms with E-state index in [-0.39, 0.29) is 42.2 Å². The predicted octanol–water partition coefficient (Wildman–Crippen LogP) is 4.97. The van der Waals surface area contributed by atoms with Crippen molar-refractivity contribution in [1.82, 2.24) is 39.9 Å². The SMILES string of the molecule is CC[C@@H]1CN(Cc2cc([C@@H](c3ccc4c(nnn4CC)c3C)C(C)(C)C(=O)Cc3nn[nH]n3)sc2C)S(=O)(=O)c2ccccc2O1. The predicted molar refractivity (Wildman–Crippen MR) is 174 cm³/mol. The summed E-state index contributed by atoms with van der Waals surface area (Å²) in [7, 11) is -3.82. The second kappa shape index (κ2) is 12.3. The summed E-state index contributed by atoms with van der Waals surface area (Å²) < 4.78 is 37.4. The molecule has 12 nitrogen and oxygen atoms in total. The van der Waals surface area contributed by atoms with Crippen molar-refractivity contribution >= 4 is 38.2 Å². The number of rotatable bonds is 10. The summed E-state index contributed by atoms with van der Waals surface area (Å²) in [6, 6.07) is 13.0. The van der Waals surface area contributed by atoms with Crippen molar-refractivity contribution in [2.24, 2.45) is 5.41 Å². The average Bonchev–Trinajstić information content (AvgIpc) is 3.77. The summed E-state index contributed by atoms with van der Waals surface area (Å²) in [6.07, 6.45) is 0.406. The molecule has 0 bridgehead atoms. The first kappa shape index (κ1) is 32.0. The highest BCUT2D eigenvalue weighted by Crippen LogP contribution is 2.47. The van der Waals surface area contributed by atoms with Gasteiger partial charge in [0.25, 0.3) is 0 Å². The number of H-pyrrole nitrogens is 1. The number of ketones is 1. The molecule has 5 aromatic rings. The molecule has 6 rings (SSSR count). The number of nitrogens with one attached hydrogen (secondary N) is 1. The summed E-state index contributed by atoms with van der Waals surface area (Å²) in [4.78, 5) is 16.1. The van der Waals surface area contributed by atoms with Crippen molar-refractivity contribution in [3.05, 3.63) is 74.7 Å². The van der Waals surface area contributed by atoms with Gasteiger partial charge in [-0.1, -0.05) is 49.4 Å². The minimum absolute atomic E-state index is 0.0222. The van der Waals surface area contributed by atoms with Gasteiger partial charge in [0.1, 0.15) is 28.0 Å². The fourth-order valence-electron chi connectivity index (χ4n) is 6.25. The maximum Gasteiger partial charge on any atom is 0.247 e. The van der Waals surface area contributed by atoms with Crippen LogP contribution >= 0.6 is 11.3 Å². The highest BCUT2D eigenvalue weighted by molar-refractivity contribution is 7.89. The van der Waals surface area contributed by atoms with Gasteiger partial charge in [0.05, 0.1) is 18.5 Å². The highest BCUT2D eigenvalue weighted by atomic mass is 32.2. The van der Waals surface area contributed by atoms with E-state index < -0.39 is 15.4 Å². The van der Waals surface area contributed by atoms with Crippen molar-refractivity contribution in [1.29, 1.82) is 0 Å². The second-order valence-corrected chi connectivity index (χ2v) is 15.5. The Kier molecular flexibility index (Phi) is 8.55. The molecule has 2 aromatic carbocycles. The smallest absolute Gasteiger partial charge is 0.247 e. The number of aromatic amines is 1. The van der Waals surface area contributed by atoms with E-state index in [4.69, 9.17) is 4.74 Å². The number of carbonyl (C=O) groups excluding carboxylic acids is 1. The first-order valence-electron chi connectivity index (χ1n) is 15.4. The standard InChI is InChI=1S/C32H38N8O4S2/c1-7-22-18-39(46(42,43)27-12-10-9-11-25(27)44-22)17-21-15-26(45-20(21)4)30(32(5,6)28(41)16-29-33-36-37-34-29)23-13-14-24-31(19(23)3)35-38-40(24)8-2/h9-15,22,30H,7-8,16-18H2,1-6H3,(H,33,34,36,37)/t22-,30-/m1/s1. The lowest BCUT2D eigenvalue weighted by Crippen LogP contribution is -2.36. The zero-order valence-electron chi connectivity index (χ0n) is 26.8. The highest BCUT2D eigenvalue weighted by Gasteiger charge is 2.42. The summed E-state index contributed by atoms with van der Waals surface area (Å²) in [6.45, 7) is 13.0. The Bertz CT molecular complexity index is 2000. The molecular formula is C32H38N8O4S2. The lowest BCUT2D eigenvalue weighted by atomic mass is 9.69. The molecule has 0 radical (unpaired) electrons. The van der Waals surface area contributed by atoms with E-state index in [9.17, 15) is 13.2 Å². The number of nitrogens with zero attached hydrogens (tertiary/aromatic N) is 7. The number of ether oxygens (including phenoxy) is 1. The lowest BCUT2D eigenvalue weighted by Gasteiger charge is -2.34. The first-order chi connectivity index (χ1) is 21.9. The Hall–Kier alpha value is -4.01. The number of benzene rings is 2. The van der Waals surface area contributed by atoms with Crippen LogP contribution in [0.15, 0.2) is 47.4 Å². The molecule has 3 aromatic heterocycles. The molecule has 0 saturated heterocycles. The van der Waals surface area contributed by atoms with E-state index in [2.05, 4.69) is 43.1 Å². The number of aryl methyl sites for hydroxylation is 3. The minimum Gasteiger partial charge on any atom is -0.488 e. The molecule has 1 aliphatic heterocycles.